The molecule has 0 aliphatic heterocycles. The lowest BCUT2D eigenvalue weighted by Crippen LogP contribution is -2.20. The van der Waals surface area contributed by atoms with Crippen LogP contribution in [-0.4, -0.2) is 12.5 Å². The Bertz CT molecular complexity index is 1380. The molecule has 1 N–H and O–H groups in total. The van der Waals surface area contributed by atoms with Gasteiger partial charge >= 0.3 is 11.8 Å². The van der Waals surface area contributed by atoms with E-state index in [1.54, 1.807) is 19.1 Å². The Labute approximate surface area is 186 Å². The first kappa shape index (κ1) is 22.1. The van der Waals surface area contributed by atoms with Gasteiger partial charge in [-0.2, -0.15) is 13.2 Å². The molecule has 33 heavy (non-hydrogen) atoms. The molecule has 0 unspecified atom stereocenters. The number of benzene rings is 3. The van der Waals surface area contributed by atoms with E-state index in [9.17, 15) is 22.8 Å². The van der Waals surface area contributed by atoms with Gasteiger partial charge in [0.25, 0.3) is 5.91 Å². The van der Waals surface area contributed by atoms with Gasteiger partial charge in [-0.05, 0) is 48.4 Å². The highest BCUT2D eigenvalue weighted by atomic mass is 19.4. The number of alkyl halides is 3. The Morgan fingerprint density at radius 1 is 1.00 bits per heavy atom. The van der Waals surface area contributed by atoms with Gasteiger partial charge in [-0.3, -0.25) is 4.79 Å². The Balaban J connectivity index is 1.55. The SMILES string of the molecule is Cc1c(OCC(=O)Nc2cccc(C(F)(F)F)c2)ccc2c(-c3ccccc3)cc(=O)oc12. The molecule has 0 saturated carbocycles. The number of aryl methyl sites for hydroxylation is 1. The summed E-state index contributed by atoms with van der Waals surface area (Å²) in [6.45, 7) is 1.26. The van der Waals surface area contributed by atoms with Gasteiger partial charge in [0.1, 0.15) is 11.3 Å². The summed E-state index contributed by atoms with van der Waals surface area (Å²) in [4.78, 5) is 24.4. The van der Waals surface area contributed by atoms with Crippen LogP contribution in [0.2, 0.25) is 0 Å². The van der Waals surface area contributed by atoms with Crippen molar-refractivity contribution in [3.05, 3.63) is 94.3 Å². The van der Waals surface area contributed by atoms with Gasteiger partial charge in [0.05, 0.1) is 5.56 Å². The van der Waals surface area contributed by atoms with Crippen LogP contribution in [0.1, 0.15) is 11.1 Å². The number of carbonyl (C=O) groups excluding carboxylic acids is 1. The zero-order valence-corrected chi connectivity index (χ0v) is 17.4. The summed E-state index contributed by atoms with van der Waals surface area (Å²) in [5.74, 6) is -0.316. The first-order valence-corrected chi connectivity index (χ1v) is 9.95. The van der Waals surface area contributed by atoms with E-state index >= 15 is 0 Å². The summed E-state index contributed by atoms with van der Waals surface area (Å²) in [5.41, 5.74) is 1.03. The van der Waals surface area contributed by atoms with E-state index in [4.69, 9.17) is 9.15 Å². The summed E-state index contributed by atoms with van der Waals surface area (Å²) in [6.07, 6.45) is -4.51. The molecule has 5 nitrogen and oxygen atoms in total. The number of fused-ring (bicyclic) bond motifs is 1. The summed E-state index contributed by atoms with van der Waals surface area (Å²) >= 11 is 0. The van der Waals surface area contributed by atoms with Crippen molar-refractivity contribution in [2.45, 2.75) is 13.1 Å². The summed E-state index contributed by atoms with van der Waals surface area (Å²) in [6, 6.07) is 18.5. The second-order valence-corrected chi connectivity index (χ2v) is 7.33. The molecule has 8 heteroatoms. The Kier molecular flexibility index (Phi) is 5.91. The quantitative estimate of drug-likeness (QED) is 0.388. The molecule has 1 aromatic heterocycles. The van der Waals surface area contributed by atoms with E-state index in [0.717, 1.165) is 17.7 Å². The van der Waals surface area contributed by atoms with E-state index in [-0.39, 0.29) is 5.69 Å². The molecular weight excluding hydrogens is 435 g/mol. The van der Waals surface area contributed by atoms with Gasteiger partial charge in [-0.25, -0.2) is 4.79 Å². The number of carbonyl (C=O) groups is 1. The minimum Gasteiger partial charge on any atom is -0.483 e. The fourth-order valence-electron chi connectivity index (χ4n) is 3.47. The third kappa shape index (κ3) is 4.90. The second-order valence-electron chi connectivity index (χ2n) is 7.33. The lowest BCUT2D eigenvalue weighted by molar-refractivity contribution is -0.137. The highest BCUT2D eigenvalue weighted by Gasteiger charge is 2.30. The van der Waals surface area contributed by atoms with Gasteiger partial charge < -0.3 is 14.5 Å². The normalized spacial score (nSPS) is 11.4. The van der Waals surface area contributed by atoms with Crippen LogP contribution in [0.15, 0.2) is 82.0 Å². The zero-order valence-electron chi connectivity index (χ0n) is 17.4. The molecule has 0 bridgehead atoms. The van der Waals surface area contributed by atoms with Crippen LogP contribution in [-0.2, 0) is 11.0 Å². The van der Waals surface area contributed by atoms with E-state index < -0.39 is 29.9 Å². The zero-order chi connectivity index (χ0) is 23.6. The van der Waals surface area contributed by atoms with Crippen molar-refractivity contribution in [2.75, 3.05) is 11.9 Å². The average molecular weight is 453 g/mol. The molecule has 168 valence electrons. The van der Waals surface area contributed by atoms with Crippen LogP contribution in [0.3, 0.4) is 0 Å². The second kappa shape index (κ2) is 8.82. The van der Waals surface area contributed by atoms with Crippen molar-refractivity contribution in [3.8, 4) is 16.9 Å². The minimum atomic E-state index is -4.51. The van der Waals surface area contributed by atoms with E-state index in [0.29, 0.717) is 27.8 Å². The first-order chi connectivity index (χ1) is 15.7. The molecule has 0 radical (unpaired) electrons. The number of anilines is 1. The number of hydrogen-bond acceptors (Lipinski definition) is 4. The number of nitrogens with one attached hydrogen (secondary N) is 1. The maximum Gasteiger partial charge on any atom is 0.416 e. The van der Waals surface area contributed by atoms with Crippen molar-refractivity contribution in [1.29, 1.82) is 0 Å². The smallest absolute Gasteiger partial charge is 0.416 e. The molecule has 1 amide bonds. The fourth-order valence-corrected chi connectivity index (χ4v) is 3.47. The van der Waals surface area contributed by atoms with Crippen LogP contribution >= 0.6 is 0 Å². The predicted octanol–water partition coefficient (Wildman–Crippen LogP) is 5.80. The van der Waals surface area contributed by atoms with Crippen LogP contribution < -0.4 is 15.7 Å². The van der Waals surface area contributed by atoms with E-state index in [1.165, 1.54) is 18.2 Å². The molecule has 0 fully saturated rings. The molecular formula is C25H18F3NO4. The Hall–Kier alpha value is -4.07. The predicted molar refractivity (Wildman–Crippen MR) is 118 cm³/mol. The van der Waals surface area contributed by atoms with Crippen molar-refractivity contribution in [2.24, 2.45) is 0 Å². The van der Waals surface area contributed by atoms with E-state index in [1.807, 2.05) is 30.3 Å². The summed E-state index contributed by atoms with van der Waals surface area (Å²) in [5, 5.41) is 3.09. The maximum atomic E-state index is 12.8. The molecule has 0 atom stereocenters. The van der Waals surface area contributed by atoms with Gasteiger partial charge in [0, 0.05) is 22.7 Å². The molecule has 0 saturated heterocycles. The summed E-state index contributed by atoms with van der Waals surface area (Å²) < 4.78 is 49.5. The highest BCUT2D eigenvalue weighted by molar-refractivity contribution is 5.96. The molecule has 4 rings (SSSR count). The number of halogens is 3. The van der Waals surface area contributed by atoms with Crippen LogP contribution in [0.4, 0.5) is 18.9 Å². The van der Waals surface area contributed by atoms with Crippen LogP contribution in [0, 0.1) is 6.92 Å². The minimum absolute atomic E-state index is 0.00663. The molecule has 0 aliphatic carbocycles. The van der Waals surface area contributed by atoms with Gasteiger partial charge in [0.2, 0.25) is 0 Å². The highest BCUT2D eigenvalue weighted by Crippen LogP contribution is 2.33. The molecule has 4 aromatic rings. The first-order valence-electron chi connectivity index (χ1n) is 9.95. The van der Waals surface area contributed by atoms with Crippen LogP contribution in [0.5, 0.6) is 5.75 Å². The average Bonchev–Trinajstić information content (AvgIpc) is 2.79. The lowest BCUT2D eigenvalue weighted by Gasteiger charge is -2.13. The van der Waals surface area contributed by atoms with E-state index in [2.05, 4.69) is 5.32 Å². The van der Waals surface area contributed by atoms with Gasteiger partial charge in [0.15, 0.2) is 6.61 Å². The third-order valence-electron chi connectivity index (χ3n) is 5.03. The molecule has 0 spiro atoms. The monoisotopic (exact) mass is 453 g/mol. The molecule has 1 heterocycles. The number of rotatable bonds is 5. The number of ether oxygens (including phenoxy) is 1. The standard InChI is InChI=1S/C25H18F3NO4/c1-15-21(32-14-22(30)29-18-9-5-8-17(12-18)25(26,27)28)11-10-19-20(13-23(31)33-24(15)19)16-6-3-2-4-7-16/h2-13H,14H2,1H3,(H,29,30). The van der Waals surface area contributed by atoms with Crippen LogP contribution in [0.25, 0.3) is 22.1 Å². The van der Waals surface area contributed by atoms with Gasteiger partial charge in [-0.15, -0.1) is 0 Å². The van der Waals surface area contributed by atoms with Crippen molar-refractivity contribution < 1.29 is 27.1 Å². The maximum absolute atomic E-state index is 12.8. The Morgan fingerprint density at radius 2 is 1.76 bits per heavy atom. The van der Waals surface area contributed by atoms with Crippen molar-refractivity contribution in [3.63, 3.8) is 0 Å². The van der Waals surface area contributed by atoms with Crippen molar-refractivity contribution in [1.82, 2.24) is 0 Å². The number of hydrogen-bond donors (Lipinski definition) is 1. The lowest BCUT2D eigenvalue weighted by atomic mass is 10.0. The van der Waals surface area contributed by atoms with Gasteiger partial charge in [-0.1, -0.05) is 36.4 Å². The fraction of sp³-hybridized carbons (Fsp3) is 0.120. The summed E-state index contributed by atoms with van der Waals surface area (Å²) in [7, 11) is 0. The largest absolute Gasteiger partial charge is 0.483 e. The Morgan fingerprint density at radius 3 is 2.48 bits per heavy atom. The molecule has 0 aliphatic rings. The molecule has 3 aromatic carbocycles. The topological polar surface area (TPSA) is 68.5 Å². The third-order valence-corrected chi connectivity index (χ3v) is 5.03. The van der Waals surface area contributed by atoms with Crippen molar-refractivity contribution >= 4 is 22.6 Å². The number of amides is 1.